The third-order valence-electron chi connectivity index (χ3n) is 3.40. The predicted octanol–water partition coefficient (Wildman–Crippen LogP) is 3.09. The van der Waals surface area contributed by atoms with Crippen LogP contribution in [0.25, 0.3) is 0 Å². The molecule has 0 radical (unpaired) electrons. The fraction of sp³-hybridized carbons (Fsp3) is 0.333. The third kappa shape index (κ3) is 5.47. The SMILES string of the molecule is CCN(Cc1cccc(F)c1)C[C@@H](O)COc1ccccc1. The summed E-state index contributed by atoms with van der Waals surface area (Å²) in [7, 11) is 0. The highest BCUT2D eigenvalue weighted by atomic mass is 19.1. The third-order valence-corrected chi connectivity index (χ3v) is 3.40. The molecule has 0 amide bonds. The second-order valence-corrected chi connectivity index (χ2v) is 5.24. The van der Waals surface area contributed by atoms with E-state index in [2.05, 4.69) is 4.90 Å². The van der Waals surface area contributed by atoms with E-state index in [1.807, 2.05) is 43.3 Å². The number of hydrogen-bond donors (Lipinski definition) is 1. The number of halogens is 1. The lowest BCUT2D eigenvalue weighted by atomic mass is 10.2. The average molecular weight is 303 g/mol. The predicted molar refractivity (Wildman–Crippen MR) is 85.3 cm³/mol. The number of aliphatic hydroxyl groups is 1. The molecule has 0 spiro atoms. The number of ether oxygens (including phenoxy) is 1. The van der Waals surface area contributed by atoms with Crippen LogP contribution in [0.4, 0.5) is 4.39 Å². The fourth-order valence-electron chi connectivity index (χ4n) is 2.26. The lowest BCUT2D eigenvalue weighted by Crippen LogP contribution is -2.35. The monoisotopic (exact) mass is 303 g/mol. The van der Waals surface area contributed by atoms with E-state index in [0.29, 0.717) is 13.1 Å². The maximum atomic E-state index is 13.2. The summed E-state index contributed by atoms with van der Waals surface area (Å²) >= 11 is 0. The number of para-hydroxylation sites is 1. The Morgan fingerprint density at radius 1 is 1.14 bits per heavy atom. The number of nitrogens with zero attached hydrogens (tertiary/aromatic N) is 1. The molecule has 0 aromatic heterocycles. The van der Waals surface area contributed by atoms with Gasteiger partial charge in [-0.2, -0.15) is 0 Å². The van der Waals surface area contributed by atoms with Crippen molar-refractivity contribution in [1.29, 1.82) is 0 Å². The van der Waals surface area contributed by atoms with Crippen LogP contribution in [0.15, 0.2) is 54.6 Å². The summed E-state index contributed by atoms with van der Waals surface area (Å²) in [5.74, 6) is 0.510. The number of benzene rings is 2. The van der Waals surface area contributed by atoms with E-state index >= 15 is 0 Å². The Kier molecular flexibility index (Phi) is 6.37. The van der Waals surface area contributed by atoms with Crippen molar-refractivity contribution in [3.63, 3.8) is 0 Å². The minimum absolute atomic E-state index is 0.235. The Hall–Kier alpha value is -1.91. The quantitative estimate of drug-likeness (QED) is 0.813. The van der Waals surface area contributed by atoms with Gasteiger partial charge in [-0.25, -0.2) is 4.39 Å². The molecule has 0 fully saturated rings. The second kappa shape index (κ2) is 8.51. The molecule has 22 heavy (non-hydrogen) atoms. The van der Waals surface area contributed by atoms with E-state index in [1.54, 1.807) is 6.07 Å². The summed E-state index contributed by atoms with van der Waals surface area (Å²) < 4.78 is 18.8. The molecule has 0 aliphatic rings. The van der Waals surface area contributed by atoms with Crippen molar-refractivity contribution in [2.75, 3.05) is 19.7 Å². The van der Waals surface area contributed by atoms with Gasteiger partial charge in [0, 0.05) is 13.1 Å². The van der Waals surface area contributed by atoms with E-state index in [9.17, 15) is 9.50 Å². The van der Waals surface area contributed by atoms with Gasteiger partial charge in [-0.15, -0.1) is 0 Å². The largest absolute Gasteiger partial charge is 0.491 e. The van der Waals surface area contributed by atoms with Gasteiger partial charge in [0.2, 0.25) is 0 Å². The van der Waals surface area contributed by atoms with Gasteiger partial charge in [-0.05, 0) is 36.4 Å². The van der Waals surface area contributed by atoms with E-state index in [1.165, 1.54) is 12.1 Å². The topological polar surface area (TPSA) is 32.7 Å². The Morgan fingerprint density at radius 3 is 2.59 bits per heavy atom. The van der Waals surface area contributed by atoms with Crippen LogP contribution in [-0.2, 0) is 6.54 Å². The van der Waals surface area contributed by atoms with Crippen LogP contribution in [-0.4, -0.2) is 35.8 Å². The molecule has 2 rings (SSSR count). The molecule has 0 unspecified atom stereocenters. The van der Waals surface area contributed by atoms with E-state index in [0.717, 1.165) is 17.9 Å². The van der Waals surface area contributed by atoms with Gasteiger partial charge in [0.25, 0.3) is 0 Å². The van der Waals surface area contributed by atoms with E-state index < -0.39 is 6.10 Å². The Labute approximate surface area is 131 Å². The zero-order valence-electron chi connectivity index (χ0n) is 12.8. The van der Waals surface area contributed by atoms with Crippen LogP contribution in [0.1, 0.15) is 12.5 Å². The molecular formula is C18H22FNO2. The number of rotatable bonds is 8. The van der Waals surface area contributed by atoms with Crippen LogP contribution in [0.3, 0.4) is 0 Å². The highest BCUT2D eigenvalue weighted by molar-refractivity contribution is 5.21. The second-order valence-electron chi connectivity index (χ2n) is 5.24. The zero-order valence-corrected chi connectivity index (χ0v) is 12.8. The van der Waals surface area contributed by atoms with Crippen LogP contribution < -0.4 is 4.74 Å². The lowest BCUT2D eigenvalue weighted by molar-refractivity contribution is 0.0674. The molecule has 0 aliphatic heterocycles. The smallest absolute Gasteiger partial charge is 0.123 e. The molecule has 0 saturated heterocycles. The van der Waals surface area contributed by atoms with Crippen molar-refractivity contribution in [1.82, 2.24) is 4.90 Å². The van der Waals surface area contributed by atoms with Gasteiger partial charge in [-0.3, -0.25) is 4.90 Å². The first-order chi connectivity index (χ1) is 10.7. The van der Waals surface area contributed by atoms with Crippen LogP contribution in [0.5, 0.6) is 5.75 Å². The first-order valence-electron chi connectivity index (χ1n) is 7.50. The van der Waals surface area contributed by atoms with Crippen molar-refractivity contribution in [3.8, 4) is 5.75 Å². The summed E-state index contributed by atoms with van der Waals surface area (Å²) in [6.07, 6.45) is -0.589. The van der Waals surface area contributed by atoms with Crippen LogP contribution >= 0.6 is 0 Å². The molecule has 1 atom stereocenters. The highest BCUT2D eigenvalue weighted by Gasteiger charge is 2.12. The Balaban J connectivity index is 1.81. The van der Waals surface area contributed by atoms with Crippen molar-refractivity contribution in [2.45, 2.75) is 19.6 Å². The summed E-state index contributed by atoms with van der Waals surface area (Å²) in [4.78, 5) is 2.06. The van der Waals surface area contributed by atoms with Gasteiger partial charge in [0.05, 0.1) is 0 Å². The molecule has 2 aromatic rings. The first-order valence-corrected chi connectivity index (χ1v) is 7.50. The molecule has 118 valence electrons. The first kappa shape index (κ1) is 16.5. The van der Waals surface area contributed by atoms with Gasteiger partial charge in [-0.1, -0.05) is 37.3 Å². The minimum atomic E-state index is -0.589. The van der Waals surface area contributed by atoms with Crippen LogP contribution in [0, 0.1) is 5.82 Å². The summed E-state index contributed by atoms with van der Waals surface area (Å²) in [5.41, 5.74) is 0.901. The molecular weight excluding hydrogens is 281 g/mol. The maximum Gasteiger partial charge on any atom is 0.123 e. The molecule has 3 nitrogen and oxygen atoms in total. The Morgan fingerprint density at radius 2 is 1.91 bits per heavy atom. The summed E-state index contributed by atoms with van der Waals surface area (Å²) in [6.45, 7) is 4.13. The van der Waals surface area contributed by atoms with Crippen molar-refractivity contribution in [2.24, 2.45) is 0 Å². The molecule has 0 saturated carbocycles. The van der Waals surface area contributed by atoms with Crippen molar-refractivity contribution >= 4 is 0 Å². The minimum Gasteiger partial charge on any atom is -0.491 e. The number of aliphatic hydroxyl groups excluding tert-OH is 1. The van der Waals surface area contributed by atoms with Gasteiger partial charge < -0.3 is 9.84 Å². The molecule has 0 heterocycles. The van der Waals surface area contributed by atoms with Crippen LogP contribution in [0.2, 0.25) is 0 Å². The molecule has 2 aromatic carbocycles. The maximum absolute atomic E-state index is 13.2. The molecule has 0 bridgehead atoms. The standard InChI is InChI=1S/C18H22FNO2/c1-2-20(12-15-7-6-8-16(19)11-15)13-17(21)14-22-18-9-4-3-5-10-18/h3-11,17,21H,2,12-14H2,1H3/t17-/m1/s1. The summed E-state index contributed by atoms with van der Waals surface area (Å²) in [6, 6.07) is 16.0. The van der Waals surface area contributed by atoms with E-state index in [-0.39, 0.29) is 12.4 Å². The fourth-order valence-corrected chi connectivity index (χ4v) is 2.26. The van der Waals surface area contributed by atoms with Crippen molar-refractivity contribution < 1.29 is 14.2 Å². The normalized spacial score (nSPS) is 12.4. The van der Waals surface area contributed by atoms with Gasteiger partial charge in [0.15, 0.2) is 0 Å². The van der Waals surface area contributed by atoms with E-state index in [4.69, 9.17) is 4.74 Å². The Bertz CT molecular complexity index is 562. The zero-order chi connectivity index (χ0) is 15.8. The summed E-state index contributed by atoms with van der Waals surface area (Å²) in [5, 5.41) is 10.1. The number of hydrogen-bond acceptors (Lipinski definition) is 3. The molecule has 4 heteroatoms. The molecule has 1 N–H and O–H groups in total. The number of likely N-dealkylation sites (N-methyl/N-ethyl adjacent to an activating group) is 1. The van der Waals surface area contributed by atoms with Gasteiger partial charge in [0.1, 0.15) is 24.3 Å². The lowest BCUT2D eigenvalue weighted by Gasteiger charge is -2.23. The van der Waals surface area contributed by atoms with Crippen molar-refractivity contribution in [3.05, 3.63) is 66.0 Å². The molecule has 0 aliphatic carbocycles. The highest BCUT2D eigenvalue weighted by Crippen LogP contribution is 2.10. The van der Waals surface area contributed by atoms with Gasteiger partial charge >= 0.3 is 0 Å². The average Bonchev–Trinajstić information content (AvgIpc) is 2.53.